The quantitative estimate of drug-likeness (QED) is 0.653. The second-order valence-electron chi connectivity index (χ2n) is 7.56. The van der Waals surface area contributed by atoms with Crippen molar-refractivity contribution in [2.45, 2.75) is 32.2 Å². The molecule has 31 heavy (non-hydrogen) atoms. The van der Waals surface area contributed by atoms with Crippen LogP contribution < -0.4 is 10.2 Å². The molecular formula is C23H26F2N6. The Bertz CT molecular complexity index is 1360. The Kier molecular flexibility index (Phi) is 3.40. The molecule has 1 saturated carbocycles. The number of piperazine rings is 1. The van der Waals surface area contributed by atoms with Crippen LogP contribution in [0.1, 0.15) is 35.8 Å². The van der Waals surface area contributed by atoms with Crippen molar-refractivity contribution in [3.63, 3.8) is 0 Å². The lowest BCUT2D eigenvalue weighted by molar-refractivity contribution is 0.120. The van der Waals surface area contributed by atoms with E-state index in [0.29, 0.717) is 23.3 Å². The summed E-state index contributed by atoms with van der Waals surface area (Å²) < 4.78 is 97.9. The summed E-state index contributed by atoms with van der Waals surface area (Å²) in [6.07, 6.45) is 2.86. The van der Waals surface area contributed by atoms with Gasteiger partial charge in [0, 0.05) is 55.0 Å². The molecule has 1 aliphatic carbocycles. The van der Waals surface area contributed by atoms with Crippen molar-refractivity contribution in [1.29, 1.82) is 0 Å². The zero-order valence-electron chi connectivity index (χ0n) is 24.7. The van der Waals surface area contributed by atoms with E-state index in [4.69, 9.17) is 11.0 Å². The van der Waals surface area contributed by atoms with E-state index in [1.807, 2.05) is 0 Å². The Morgan fingerprint density at radius 3 is 2.39 bits per heavy atom. The van der Waals surface area contributed by atoms with Gasteiger partial charge in [0.15, 0.2) is 0 Å². The fraction of sp³-hybridized carbons (Fsp3) is 0.391. The SMILES string of the molecule is [2H]C1([2H])N(c2cc(C)cc(Nc3ncn(-c4cc(F)cc(F)c4)n3)c2)C([2H])([2H])C([2H])([2H])N(C2CCC2)C1([2H])[2H]. The Labute approximate surface area is 191 Å². The first-order valence-electron chi connectivity index (χ1n) is 13.9. The Morgan fingerprint density at radius 2 is 1.71 bits per heavy atom. The first-order valence-corrected chi connectivity index (χ1v) is 9.92. The number of aromatic nitrogens is 3. The summed E-state index contributed by atoms with van der Waals surface area (Å²) in [5, 5.41) is 7.04. The highest BCUT2D eigenvalue weighted by Crippen LogP contribution is 2.29. The first-order chi connectivity index (χ1) is 18.1. The third-order valence-electron chi connectivity index (χ3n) is 5.18. The Balaban J connectivity index is 1.51. The predicted octanol–water partition coefficient (Wildman–Crippen LogP) is 4.27. The number of halogens is 2. The standard InChI is InChI=1S/C23H26F2N6/c1-16-9-19(14-21(10-16)30-7-5-29(6-8-30)20-3-2-4-20)27-23-26-15-31(28-23)22-12-17(24)11-18(25)13-22/h9-15,20H,2-8H2,1H3,(H,27,28)/i5D2,6D2,7D2,8D2. The maximum Gasteiger partial charge on any atom is 0.246 e. The van der Waals surface area contributed by atoms with Gasteiger partial charge in [0.05, 0.1) is 11.2 Å². The molecule has 0 spiro atoms. The largest absolute Gasteiger partial charge is 0.369 e. The van der Waals surface area contributed by atoms with Gasteiger partial charge in [-0.05, 0) is 55.7 Å². The van der Waals surface area contributed by atoms with Crippen molar-refractivity contribution in [2.75, 3.05) is 36.2 Å². The van der Waals surface area contributed by atoms with Gasteiger partial charge in [-0.2, -0.15) is 4.98 Å². The van der Waals surface area contributed by atoms with Crippen molar-refractivity contribution >= 4 is 17.3 Å². The number of nitrogens with zero attached hydrogens (tertiary/aromatic N) is 5. The van der Waals surface area contributed by atoms with Gasteiger partial charge in [-0.25, -0.2) is 13.5 Å². The summed E-state index contributed by atoms with van der Waals surface area (Å²) in [6.45, 7) is -10.0. The molecule has 1 aromatic heterocycles. The average Bonchev–Trinajstić information content (AvgIpc) is 3.22. The van der Waals surface area contributed by atoms with Gasteiger partial charge in [-0.3, -0.25) is 4.90 Å². The highest BCUT2D eigenvalue weighted by molar-refractivity contribution is 5.64. The molecule has 1 N–H and O–H groups in total. The lowest BCUT2D eigenvalue weighted by Gasteiger charge is -2.43. The minimum Gasteiger partial charge on any atom is -0.369 e. The summed E-state index contributed by atoms with van der Waals surface area (Å²) in [6, 6.07) is 6.66. The van der Waals surface area contributed by atoms with Crippen LogP contribution in [0.2, 0.25) is 0 Å². The molecule has 0 amide bonds. The molecule has 0 unspecified atom stereocenters. The molecule has 2 heterocycles. The lowest BCUT2D eigenvalue weighted by Crippen LogP contribution is -2.52. The second-order valence-corrected chi connectivity index (χ2v) is 7.56. The molecule has 0 radical (unpaired) electrons. The van der Waals surface area contributed by atoms with Crippen molar-refractivity contribution in [3.8, 4) is 5.69 Å². The maximum atomic E-state index is 13.6. The van der Waals surface area contributed by atoms with Crippen molar-refractivity contribution < 1.29 is 19.7 Å². The number of nitrogens with one attached hydrogen (secondary N) is 1. The van der Waals surface area contributed by atoms with Gasteiger partial charge >= 0.3 is 0 Å². The van der Waals surface area contributed by atoms with E-state index in [0.717, 1.165) is 34.2 Å². The van der Waals surface area contributed by atoms with Gasteiger partial charge in [0.2, 0.25) is 5.95 Å². The number of hydrogen-bond acceptors (Lipinski definition) is 5. The fourth-order valence-electron chi connectivity index (χ4n) is 3.43. The fourth-order valence-corrected chi connectivity index (χ4v) is 3.43. The Hall–Kier alpha value is -3.00. The van der Waals surface area contributed by atoms with Crippen LogP contribution >= 0.6 is 0 Å². The molecule has 6 nitrogen and oxygen atoms in total. The summed E-state index contributed by atoms with van der Waals surface area (Å²) >= 11 is 0. The van der Waals surface area contributed by atoms with Crippen LogP contribution in [0.5, 0.6) is 0 Å². The van der Waals surface area contributed by atoms with E-state index in [1.54, 1.807) is 13.0 Å². The highest BCUT2D eigenvalue weighted by Gasteiger charge is 2.28. The maximum absolute atomic E-state index is 13.6. The van der Waals surface area contributed by atoms with E-state index < -0.39 is 43.7 Å². The van der Waals surface area contributed by atoms with Crippen LogP contribution in [0.3, 0.4) is 0 Å². The third-order valence-corrected chi connectivity index (χ3v) is 5.18. The summed E-state index contributed by atoms with van der Waals surface area (Å²) in [7, 11) is 0. The van der Waals surface area contributed by atoms with Gasteiger partial charge in [-0.1, -0.05) is 6.42 Å². The first kappa shape index (κ1) is 12.8. The van der Waals surface area contributed by atoms with Crippen molar-refractivity contribution in [2.24, 2.45) is 0 Å². The van der Waals surface area contributed by atoms with Crippen LogP contribution in [0.4, 0.5) is 26.1 Å². The monoisotopic (exact) mass is 432 g/mol. The van der Waals surface area contributed by atoms with E-state index >= 15 is 0 Å². The number of benzene rings is 2. The van der Waals surface area contributed by atoms with E-state index in [2.05, 4.69) is 15.4 Å². The molecule has 2 aliphatic rings. The number of hydrogen-bond donors (Lipinski definition) is 1. The summed E-state index contributed by atoms with van der Waals surface area (Å²) in [4.78, 5) is 5.32. The summed E-state index contributed by atoms with van der Waals surface area (Å²) in [5.41, 5.74) is 0.811. The molecular weight excluding hydrogens is 398 g/mol. The zero-order valence-corrected chi connectivity index (χ0v) is 16.7. The molecule has 2 aromatic carbocycles. The third kappa shape index (κ3) is 4.39. The highest BCUT2D eigenvalue weighted by atomic mass is 19.1. The molecule has 1 aliphatic heterocycles. The van der Waals surface area contributed by atoms with E-state index in [1.165, 1.54) is 18.5 Å². The van der Waals surface area contributed by atoms with Crippen LogP contribution in [-0.4, -0.2) is 51.7 Å². The molecule has 1 saturated heterocycles. The van der Waals surface area contributed by atoms with Crippen LogP contribution in [-0.2, 0) is 0 Å². The number of anilines is 3. The van der Waals surface area contributed by atoms with E-state index in [-0.39, 0.29) is 23.0 Å². The molecule has 0 atom stereocenters. The summed E-state index contributed by atoms with van der Waals surface area (Å²) in [5.74, 6) is -1.57. The second kappa shape index (κ2) is 8.26. The lowest BCUT2D eigenvalue weighted by atomic mass is 9.91. The van der Waals surface area contributed by atoms with Crippen molar-refractivity contribution in [3.05, 3.63) is 59.9 Å². The van der Waals surface area contributed by atoms with Crippen LogP contribution in [0.25, 0.3) is 5.69 Å². The molecule has 0 bridgehead atoms. The van der Waals surface area contributed by atoms with Gasteiger partial charge in [0.25, 0.3) is 0 Å². The van der Waals surface area contributed by atoms with Crippen LogP contribution in [0.15, 0.2) is 42.7 Å². The number of aryl methyl sites for hydroxylation is 1. The smallest absolute Gasteiger partial charge is 0.246 e. The van der Waals surface area contributed by atoms with Crippen molar-refractivity contribution in [1.82, 2.24) is 19.7 Å². The normalized spacial score (nSPS) is 27.9. The molecule has 162 valence electrons. The average molecular weight is 433 g/mol. The van der Waals surface area contributed by atoms with Gasteiger partial charge in [-0.15, -0.1) is 5.10 Å². The van der Waals surface area contributed by atoms with Gasteiger partial charge in [0.1, 0.15) is 18.0 Å². The topological polar surface area (TPSA) is 49.2 Å². The minimum absolute atomic E-state index is 0.0164. The molecule has 3 aromatic rings. The van der Waals surface area contributed by atoms with Gasteiger partial charge < -0.3 is 10.2 Å². The van der Waals surface area contributed by atoms with Crippen LogP contribution in [0, 0.1) is 18.6 Å². The molecule has 2 fully saturated rings. The molecule has 5 rings (SSSR count). The Morgan fingerprint density at radius 1 is 0.968 bits per heavy atom. The number of rotatable bonds is 5. The predicted molar refractivity (Wildman–Crippen MR) is 117 cm³/mol. The van der Waals surface area contributed by atoms with E-state index in [9.17, 15) is 8.78 Å². The zero-order chi connectivity index (χ0) is 28.5. The molecule has 8 heteroatoms. The minimum atomic E-state index is -2.97.